The molecule has 0 unspecified atom stereocenters. The van der Waals surface area contributed by atoms with E-state index < -0.39 is 0 Å². The molecule has 2 aliphatic rings. The maximum absolute atomic E-state index is 12.7. The Balaban J connectivity index is 1.39. The fourth-order valence-corrected chi connectivity index (χ4v) is 4.11. The van der Waals surface area contributed by atoms with E-state index in [-0.39, 0.29) is 17.7 Å². The molecule has 154 valence electrons. The Bertz CT molecular complexity index is 658. The monoisotopic (exact) mass is 388 g/mol. The van der Waals surface area contributed by atoms with E-state index in [1.165, 1.54) is 0 Å². The van der Waals surface area contributed by atoms with Crippen LogP contribution in [0.2, 0.25) is 0 Å². The number of nitrogens with one attached hydrogen (secondary N) is 1. The lowest BCUT2D eigenvalue weighted by molar-refractivity contribution is -0.140. The SMILES string of the molecule is COc1cccc(CNC(=O)CC[C@@H]2CCCN(C(=O)C3CCOCC3)C2)c1. The Morgan fingerprint density at radius 3 is 2.86 bits per heavy atom. The predicted molar refractivity (Wildman–Crippen MR) is 107 cm³/mol. The van der Waals surface area contributed by atoms with Crippen LogP contribution in [0.15, 0.2) is 24.3 Å². The van der Waals surface area contributed by atoms with Crippen LogP contribution in [-0.2, 0) is 20.9 Å². The van der Waals surface area contributed by atoms with Crippen LogP contribution in [0.25, 0.3) is 0 Å². The lowest BCUT2D eigenvalue weighted by Crippen LogP contribution is -2.44. The van der Waals surface area contributed by atoms with Gasteiger partial charge in [0.25, 0.3) is 0 Å². The molecule has 2 amide bonds. The minimum absolute atomic E-state index is 0.0655. The van der Waals surface area contributed by atoms with Gasteiger partial charge in [0, 0.05) is 45.2 Å². The van der Waals surface area contributed by atoms with Crippen molar-refractivity contribution in [3.63, 3.8) is 0 Å². The smallest absolute Gasteiger partial charge is 0.225 e. The molecule has 0 bridgehead atoms. The molecule has 1 N–H and O–H groups in total. The standard InChI is InChI=1S/C22H32N2O4/c1-27-20-6-2-4-18(14-20)15-23-21(25)8-7-17-5-3-11-24(16-17)22(26)19-9-12-28-13-10-19/h2,4,6,14,17,19H,3,5,7-13,15-16H2,1H3,(H,23,25)/t17-/m0/s1. The molecule has 0 aliphatic carbocycles. The average molecular weight is 389 g/mol. The minimum Gasteiger partial charge on any atom is -0.497 e. The van der Waals surface area contributed by atoms with E-state index in [4.69, 9.17) is 9.47 Å². The Morgan fingerprint density at radius 1 is 1.25 bits per heavy atom. The van der Waals surface area contributed by atoms with Gasteiger partial charge in [-0.25, -0.2) is 0 Å². The highest BCUT2D eigenvalue weighted by Crippen LogP contribution is 2.25. The van der Waals surface area contributed by atoms with E-state index in [1.54, 1.807) is 7.11 Å². The highest BCUT2D eigenvalue weighted by Gasteiger charge is 2.30. The summed E-state index contributed by atoms with van der Waals surface area (Å²) in [6, 6.07) is 7.72. The molecule has 2 aliphatic heterocycles. The van der Waals surface area contributed by atoms with Crippen LogP contribution >= 0.6 is 0 Å². The van der Waals surface area contributed by atoms with Gasteiger partial charge in [-0.2, -0.15) is 0 Å². The molecule has 1 aromatic rings. The molecule has 3 rings (SSSR count). The van der Waals surface area contributed by atoms with Gasteiger partial charge in [0.15, 0.2) is 0 Å². The van der Waals surface area contributed by atoms with Crippen LogP contribution in [0.4, 0.5) is 0 Å². The van der Waals surface area contributed by atoms with Crippen LogP contribution in [-0.4, -0.2) is 50.1 Å². The third-order valence-corrected chi connectivity index (χ3v) is 5.80. The van der Waals surface area contributed by atoms with Gasteiger partial charge in [-0.15, -0.1) is 0 Å². The van der Waals surface area contributed by atoms with E-state index in [0.29, 0.717) is 32.1 Å². The summed E-state index contributed by atoms with van der Waals surface area (Å²) in [7, 11) is 1.64. The number of rotatable bonds is 7. The summed E-state index contributed by atoms with van der Waals surface area (Å²) in [5.41, 5.74) is 1.03. The van der Waals surface area contributed by atoms with Crippen LogP contribution < -0.4 is 10.1 Å². The predicted octanol–water partition coefficient (Wildman–Crippen LogP) is 2.76. The van der Waals surface area contributed by atoms with Crippen molar-refractivity contribution in [3.8, 4) is 5.75 Å². The number of carbonyl (C=O) groups excluding carboxylic acids is 2. The first-order chi connectivity index (χ1) is 13.7. The van der Waals surface area contributed by atoms with E-state index in [9.17, 15) is 9.59 Å². The molecule has 6 heteroatoms. The van der Waals surface area contributed by atoms with Crippen molar-refractivity contribution in [3.05, 3.63) is 29.8 Å². The van der Waals surface area contributed by atoms with Crippen LogP contribution in [0.3, 0.4) is 0 Å². The maximum atomic E-state index is 12.7. The number of piperidine rings is 1. The topological polar surface area (TPSA) is 67.9 Å². The van der Waals surface area contributed by atoms with Crippen molar-refractivity contribution in [2.75, 3.05) is 33.4 Å². The average Bonchev–Trinajstić information content (AvgIpc) is 2.76. The first-order valence-corrected chi connectivity index (χ1v) is 10.4. The van der Waals surface area contributed by atoms with Crippen molar-refractivity contribution >= 4 is 11.8 Å². The van der Waals surface area contributed by atoms with Crippen molar-refractivity contribution in [2.24, 2.45) is 11.8 Å². The zero-order valence-electron chi connectivity index (χ0n) is 16.8. The number of hydrogen-bond acceptors (Lipinski definition) is 4. The van der Waals surface area contributed by atoms with Gasteiger partial charge >= 0.3 is 0 Å². The summed E-state index contributed by atoms with van der Waals surface area (Å²) in [6.07, 6.45) is 5.15. The van der Waals surface area contributed by atoms with Crippen molar-refractivity contribution < 1.29 is 19.1 Å². The Kier molecular flexibility index (Phi) is 7.71. The zero-order chi connectivity index (χ0) is 19.8. The molecular formula is C22H32N2O4. The lowest BCUT2D eigenvalue weighted by atomic mass is 9.91. The fourth-order valence-electron chi connectivity index (χ4n) is 4.11. The van der Waals surface area contributed by atoms with Crippen LogP contribution in [0, 0.1) is 11.8 Å². The van der Waals surface area contributed by atoms with Gasteiger partial charge in [-0.3, -0.25) is 9.59 Å². The molecule has 0 saturated carbocycles. The summed E-state index contributed by atoms with van der Waals surface area (Å²) >= 11 is 0. The number of likely N-dealkylation sites (tertiary alicyclic amines) is 1. The van der Waals surface area contributed by atoms with Crippen molar-refractivity contribution in [1.29, 1.82) is 0 Å². The maximum Gasteiger partial charge on any atom is 0.225 e. The summed E-state index contributed by atoms with van der Waals surface area (Å²) in [5.74, 6) is 1.69. The van der Waals surface area contributed by atoms with E-state index in [1.807, 2.05) is 29.2 Å². The van der Waals surface area contributed by atoms with Gasteiger partial charge in [0.2, 0.25) is 11.8 Å². The molecule has 2 fully saturated rings. The third kappa shape index (κ3) is 5.96. The first-order valence-electron chi connectivity index (χ1n) is 10.4. The molecule has 1 atom stereocenters. The summed E-state index contributed by atoms with van der Waals surface area (Å²) in [5, 5.41) is 2.99. The molecule has 0 spiro atoms. The third-order valence-electron chi connectivity index (χ3n) is 5.80. The Morgan fingerprint density at radius 2 is 2.07 bits per heavy atom. The van der Waals surface area contributed by atoms with Gasteiger partial charge in [-0.1, -0.05) is 12.1 Å². The lowest BCUT2D eigenvalue weighted by Gasteiger charge is -2.36. The number of ether oxygens (including phenoxy) is 2. The van der Waals surface area contributed by atoms with E-state index in [0.717, 1.165) is 56.5 Å². The summed E-state index contributed by atoms with van der Waals surface area (Å²) in [6.45, 7) is 3.55. The number of amides is 2. The fraction of sp³-hybridized carbons (Fsp3) is 0.636. The number of benzene rings is 1. The minimum atomic E-state index is 0.0655. The highest BCUT2D eigenvalue weighted by atomic mass is 16.5. The van der Waals surface area contributed by atoms with Gasteiger partial charge in [0.1, 0.15) is 5.75 Å². The zero-order valence-corrected chi connectivity index (χ0v) is 16.8. The molecule has 2 heterocycles. The largest absolute Gasteiger partial charge is 0.497 e. The van der Waals surface area contributed by atoms with E-state index >= 15 is 0 Å². The second kappa shape index (κ2) is 10.5. The Labute approximate surface area is 167 Å². The van der Waals surface area contributed by atoms with Crippen molar-refractivity contribution in [1.82, 2.24) is 10.2 Å². The second-order valence-corrected chi connectivity index (χ2v) is 7.85. The second-order valence-electron chi connectivity index (χ2n) is 7.85. The van der Waals surface area contributed by atoms with E-state index in [2.05, 4.69) is 5.32 Å². The number of nitrogens with zero attached hydrogens (tertiary/aromatic N) is 1. The molecule has 2 saturated heterocycles. The summed E-state index contributed by atoms with van der Waals surface area (Å²) in [4.78, 5) is 27.0. The number of carbonyl (C=O) groups is 2. The van der Waals surface area contributed by atoms with Gasteiger partial charge < -0.3 is 19.7 Å². The van der Waals surface area contributed by atoms with Crippen LogP contribution in [0.1, 0.15) is 44.1 Å². The summed E-state index contributed by atoms with van der Waals surface area (Å²) < 4.78 is 10.6. The quantitative estimate of drug-likeness (QED) is 0.780. The van der Waals surface area contributed by atoms with Gasteiger partial charge in [-0.05, 0) is 55.7 Å². The molecule has 0 radical (unpaired) electrons. The number of hydrogen-bond donors (Lipinski definition) is 1. The Hall–Kier alpha value is -2.08. The molecule has 0 aromatic heterocycles. The molecule has 6 nitrogen and oxygen atoms in total. The number of methoxy groups -OCH3 is 1. The van der Waals surface area contributed by atoms with Crippen molar-refractivity contribution in [2.45, 2.75) is 45.1 Å². The van der Waals surface area contributed by atoms with Crippen LogP contribution in [0.5, 0.6) is 5.75 Å². The molecule has 28 heavy (non-hydrogen) atoms. The van der Waals surface area contributed by atoms with Gasteiger partial charge in [0.05, 0.1) is 7.11 Å². The normalized spacial score (nSPS) is 20.6. The first kappa shape index (κ1) is 20.6. The molecular weight excluding hydrogens is 356 g/mol. The molecule has 1 aromatic carbocycles. The highest BCUT2D eigenvalue weighted by molar-refractivity contribution is 5.79.